The Labute approximate surface area is 94.0 Å². The van der Waals surface area contributed by atoms with Gasteiger partial charge in [-0.15, -0.1) is 0 Å². The molecule has 13 heavy (non-hydrogen) atoms. The van der Waals surface area contributed by atoms with Crippen LogP contribution < -0.4 is 4.74 Å². The van der Waals surface area contributed by atoms with Crippen molar-refractivity contribution in [3.05, 3.63) is 33.2 Å². The molecule has 0 atom stereocenters. The van der Waals surface area contributed by atoms with Crippen molar-refractivity contribution in [2.75, 3.05) is 6.61 Å². The van der Waals surface area contributed by atoms with Crippen molar-refractivity contribution >= 4 is 37.4 Å². The van der Waals surface area contributed by atoms with E-state index in [1.807, 2.05) is 12.1 Å². The molecule has 0 amide bonds. The van der Waals surface area contributed by atoms with Gasteiger partial charge in [-0.05, 0) is 33.6 Å². The highest BCUT2D eigenvalue weighted by molar-refractivity contribution is 9.11. The lowest BCUT2D eigenvalue weighted by Gasteiger charge is -2.20. The topological polar surface area (TPSA) is 9.23 Å². The predicted octanol–water partition coefficient (Wildman–Crippen LogP) is 4.01. The van der Waals surface area contributed by atoms with E-state index in [4.69, 9.17) is 4.74 Å². The molecule has 0 unspecified atom stereocenters. The van der Waals surface area contributed by atoms with Gasteiger partial charge in [0, 0.05) is 16.5 Å². The molecule has 0 spiro atoms. The molecule has 1 nitrogen and oxygen atoms in total. The monoisotopic (exact) mass is 302 g/mol. The van der Waals surface area contributed by atoms with Gasteiger partial charge < -0.3 is 4.74 Å². The van der Waals surface area contributed by atoms with Gasteiger partial charge in [0.2, 0.25) is 0 Å². The highest BCUT2D eigenvalue weighted by Crippen LogP contribution is 2.39. The maximum absolute atomic E-state index is 5.55. The second-order valence-electron chi connectivity index (χ2n) is 2.97. The fraction of sp³-hybridized carbons (Fsp3) is 0.200. The summed E-state index contributed by atoms with van der Waals surface area (Å²) in [6.07, 6.45) is 0.913. The Hall–Kier alpha value is -0.280. The van der Waals surface area contributed by atoms with Crippen LogP contribution in [-0.4, -0.2) is 6.61 Å². The van der Waals surface area contributed by atoms with Gasteiger partial charge in [0.05, 0.1) is 11.1 Å². The van der Waals surface area contributed by atoms with E-state index >= 15 is 0 Å². The zero-order chi connectivity index (χ0) is 9.42. The van der Waals surface area contributed by atoms with Crippen molar-refractivity contribution < 1.29 is 4.74 Å². The van der Waals surface area contributed by atoms with Gasteiger partial charge in [-0.2, -0.15) is 0 Å². The minimum atomic E-state index is 0.728. The maximum Gasteiger partial charge on any atom is 0.141 e. The van der Waals surface area contributed by atoms with Crippen LogP contribution >= 0.6 is 31.9 Å². The minimum Gasteiger partial charge on any atom is -0.491 e. The highest BCUT2D eigenvalue weighted by Gasteiger charge is 2.16. The lowest BCUT2D eigenvalue weighted by Crippen LogP contribution is -2.07. The van der Waals surface area contributed by atoms with E-state index in [-0.39, 0.29) is 0 Å². The summed E-state index contributed by atoms with van der Waals surface area (Å²) in [7, 11) is 0. The van der Waals surface area contributed by atoms with E-state index in [9.17, 15) is 0 Å². The fourth-order valence-electron chi connectivity index (χ4n) is 1.38. The fourth-order valence-corrected chi connectivity index (χ4v) is 2.72. The van der Waals surface area contributed by atoms with Gasteiger partial charge in [0.25, 0.3) is 0 Å². The van der Waals surface area contributed by atoms with Crippen molar-refractivity contribution in [3.8, 4) is 5.75 Å². The van der Waals surface area contributed by atoms with Gasteiger partial charge >= 0.3 is 0 Å². The lowest BCUT2D eigenvalue weighted by atomic mass is 10.0. The number of ether oxygens (including phenoxy) is 1. The molecule has 0 saturated carbocycles. The summed E-state index contributed by atoms with van der Waals surface area (Å²) < 4.78 is 7.58. The van der Waals surface area contributed by atoms with Gasteiger partial charge in [0.1, 0.15) is 5.75 Å². The molecule has 0 radical (unpaired) electrons. The average molecular weight is 304 g/mol. The molecule has 1 aliphatic heterocycles. The van der Waals surface area contributed by atoms with Gasteiger partial charge in [0.15, 0.2) is 0 Å². The molecule has 3 heteroatoms. The SMILES string of the molecule is C=C1CCOc2c(Br)cc(Br)cc21. The Kier molecular flexibility index (Phi) is 2.47. The van der Waals surface area contributed by atoms with Crippen LogP contribution in [0.4, 0.5) is 0 Å². The third-order valence-electron chi connectivity index (χ3n) is 2.04. The van der Waals surface area contributed by atoms with E-state index in [1.165, 1.54) is 0 Å². The molecule has 1 heterocycles. The van der Waals surface area contributed by atoms with Crippen molar-refractivity contribution in [2.24, 2.45) is 0 Å². The molecule has 0 bridgehead atoms. The molecule has 0 fully saturated rings. The number of halogens is 2. The van der Waals surface area contributed by atoms with E-state index < -0.39 is 0 Å². The summed E-state index contributed by atoms with van der Waals surface area (Å²) in [5.74, 6) is 0.916. The van der Waals surface area contributed by atoms with Crippen molar-refractivity contribution in [1.29, 1.82) is 0 Å². The van der Waals surface area contributed by atoms with Gasteiger partial charge in [-0.3, -0.25) is 0 Å². The molecule has 1 aromatic carbocycles. The molecule has 1 aromatic rings. The standard InChI is InChI=1S/C10H8Br2O/c1-6-2-3-13-10-8(6)4-7(11)5-9(10)12/h4-5H,1-3H2. The van der Waals surface area contributed by atoms with E-state index in [0.717, 1.165) is 38.9 Å². The van der Waals surface area contributed by atoms with Crippen LogP contribution in [0.15, 0.2) is 27.7 Å². The summed E-state index contributed by atoms with van der Waals surface area (Å²) in [5.41, 5.74) is 2.25. The summed E-state index contributed by atoms with van der Waals surface area (Å²) in [6.45, 7) is 4.74. The first-order valence-electron chi connectivity index (χ1n) is 3.98. The Balaban J connectivity index is 2.63. The minimum absolute atomic E-state index is 0.728. The van der Waals surface area contributed by atoms with Gasteiger partial charge in [-0.25, -0.2) is 0 Å². The number of rotatable bonds is 0. The molecule has 0 N–H and O–H groups in total. The number of benzene rings is 1. The summed E-state index contributed by atoms with van der Waals surface area (Å²) in [6, 6.07) is 4.03. The zero-order valence-electron chi connectivity index (χ0n) is 6.94. The van der Waals surface area contributed by atoms with Crippen molar-refractivity contribution in [1.82, 2.24) is 0 Å². The van der Waals surface area contributed by atoms with Crippen molar-refractivity contribution in [2.45, 2.75) is 6.42 Å². The van der Waals surface area contributed by atoms with Crippen LogP contribution in [0.1, 0.15) is 12.0 Å². The quantitative estimate of drug-likeness (QED) is 0.704. The van der Waals surface area contributed by atoms with Gasteiger partial charge in [-0.1, -0.05) is 22.5 Å². The maximum atomic E-state index is 5.55. The summed E-state index contributed by atoms with van der Waals surface area (Å²) >= 11 is 6.91. The lowest BCUT2D eigenvalue weighted by molar-refractivity contribution is 0.314. The van der Waals surface area contributed by atoms with Crippen LogP contribution in [0, 0.1) is 0 Å². The van der Waals surface area contributed by atoms with Crippen LogP contribution in [-0.2, 0) is 0 Å². The Bertz CT molecular complexity index is 371. The molecular formula is C10H8Br2O. The van der Waals surface area contributed by atoms with Crippen LogP contribution in [0.5, 0.6) is 5.75 Å². The Morgan fingerprint density at radius 2 is 2.08 bits per heavy atom. The highest BCUT2D eigenvalue weighted by atomic mass is 79.9. The third-order valence-corrected chi connectivity index (χ3v) is 3.09. The molecular weight excluding hydrogens is 296 g/mol. The molecule has 2 rings (SSSR count). The largest absolute Gasteiger partial charge is 0.491 e. The zero-order valence-corrected chi connectivity index (χ0v) is 10.1. The van der Waals surface area contributed by atoms with E-state index in [2.05, 4.69) is 38.4 Å². The average Bonchev–Trinajstić information content (AvgIpc) is 2.07. The second kappa shape index (κ2) is 3.46. The smallest absolute Gasteiger partial charge is 0.141 e. The predicted molar refractivity (Wildman–Crippen MR) is 61.0 cm³/mol. The first-order valence-corrected chi connectivity index (χ1v) is 5.57. The molecule has 0 aliphatic carbocycles. The Morgan fingerprint density at radius 1 is 1.31 bits per heavy atom. The van der Waals surface area contributed by atoms with Crippen LogP contribution in [0.2, 0.25) is 0 Å². The van der Waals surface area contributed by atoms with Crippen LogP contribution in [0.25, 0.3) is 5.57 Å². The summed E-state index contributed by atoms with van der Waals surface area (Å²) in [4.78, 5) is 0. The van der Waals surface area contributed by atoms with Crippen molar-refractivity contribution in [3.63, 3.8) is 0 Å². The molecule has 1 aliphatic rings. The first kappa shape index (κ1) is 9.28. The van der Waals surface area contributed by atoms with Crippen LogP contribution in [0.3, 0.4) is 0 Å². The third kappa shape index (κ3) is 1.67. The number of hydrogen-bond donors (Lipinski definition) is 0. The van der Waals surface area contributed by atoms with E-state index in [0.29, 0.717) is 0 Å². The molecule has 0 aromatic heterocycles. The number of fused-ring (bicyclic) bond motifs is 1. The summed E-state index contributed by atoms with van der Waals surface area (Å²) in [5, 5.41) is 0. The first-order chi connectivity index (χ1) is 6.18. The normalized spacial score (nSPS) is 15.1. The molecule has 68 valence electrons. The second-order valence-corrected chi connectivity index (χ2v) is 4.74. The van der Waals surface area contributed by atoms with E-state index in [1.54, 1.807) is 0 Å². The molecule has 0 saturated heterocycles. The Morgan fingerprint density at radius 3 is 2.85 bits per heavy atom. The number of hydrogen-bond acceptors (Lipinski definition) is 1.